The summed E-state index contributed by atoms with van der Waals surface area (Å²) in [5.74, 6) is -0.279. The Balaban J connectivity index is 2.20. The number of hydrogen-bond acceptors (Lipinski definition) is 1. The van der Waals surface area contributed by atoms with Crippen LogP contribution in [0.4, 0.5) is 4.39 Å². The molecule has 100 valence electrons. The Bertz CT molecular complexity index is 604. The summed E-state index contributed by atoms with van der Waals surface area (Å²) in [6, 6.07) is 10.3. The van der Waals surface area contributed by atoms with Crippen LogP contribution < -0.4 is 5.73 Å². The van der Waals surface area contributed by atoms with E-state index in [1.54, 1.807) is 12.1 Å². The second kappa shape index (κ2) is 6.35. The average molecular weight is 408 g/mol. The molecule has 0 bridgehead atoms. The Kier molecular flexibility index (Phi) is 5.01. The molecular formula is C14H11Br2ClFN. The van der Waals surface area contributed by atoms with Crippen molar-refractivity contribution < 1.29 is 4.39 Å². The molecule has 0 aliphatic rings. The van der Waals surface area contributed by atoms with Crippen LogP contribution in [0.5, 0.6) is 0 Å². The van der Waals surface area contributed by atoms with Crippen molar-refractivity contribution >= 4 is 43.5 Å². The summed E-state index contributed by atoms with van der Waals surface area (Å²) < 4.78 is 14.5. The number of benzene rings is 2. The van der Waals surface area contributed by atoms with Crippen molar-refractivity contribution in [2.24, 2.45) is 5.73 Å². The molecule has 2 aromatic rings. The molecule has 0 fully saturated rings. The van der Waals surface area contributed by atoms with Gasteiger partial charge in [-0.1, -0.05) is 39.7 Å². The minimum absolute atomic E-state index is 0.224. The largest absolute Gasteiger partial charge is 0.324 e. The van der Waals surface area contributed by atoms with E-state index in [1.165, 1.54) is 6.07 Å². The Morgan fingerprint density at radius 2 is 1.89 bits per heavy atom. The molecular weight excluding hydrogens is 396 g/mol. The van der Waals surface area contributed by atoms with Gasteiger partial charge in [0, 0.05) is 15.5 Å². The van der Waals surface area contributed by atoms with Gasteiger partial charge in [-0.05, 0) is 57.7 Å². The van der Waals surface area contributed by atoms with Crippen molar-refractivity contribution in [1.29, 1.82) is 0 Å². The molecule has 2 aromatic carbocycles. The number of hydrogen-bond donors (Lipinski definition) is 1. The standard InChI is InChI=1S/C14H11Br2ClFN/c15-9-2-3-10(12(17)7-9)14(19)6-8-1-4-13(18)11(16)5-8/h1-5,7,14H,6,19H2. The molecule has 5 heteroatoms. The maximum atomic E-state index is 13.2. The van der Waals surface area contributed by atoms with Crippen molar-refractivity contribution in [3.63, 3.8) is 0 Å². The van der Waals surface area contributed by atoms with Gasteiger partial charge in [-0.2, -0.15) is 0 Å². The zero-order valence-corrected chi connectivity index (χ0v) is 13.8. The Morgan fingerprint density at radius 1 is 1.16 bits per heavy atom. The molecule has 0 amide bonds. The molecule has 0 aliphatic carbocycles. The first-order valence-corrected chi connectivity index (χ1v) is 7.58. The van der Waals surface area contributed by atoms with Crippen molar-refractivity contribution in [3.05, 3.63) is 67.3 Å². The fourth-order valence-corrected chi connectivity index (χ4v) is 3.07. The number of nitrogens with two attached hydrogens (primary N) is 1. The van der Waals surface area contributed by atoms with Crippen LogP contribution in [0.1, 0.15) is 17.2 Å². The third-order valence-electron chi connectivity index (χ3n) is 2.80. The molecule has 0 aliphatic heterocycles. The van der Waals surface area contributed by atoms with E-state index in [-0.39, 0.29) is 11.9 Å². The van der Waals surface area contributed by atoms with Gasteiger partial charge in [0.2, 0.25) is 0 Å². The zero-order chi connectivity index (χ0) is 14.0. The monoisotopic (exact) mass is 405 g/mol. The first kappa shape index (κ1) is 15.0. The predicted molar refractivity (Wildman–Crippen MR) is 83.9 cm³/mol. The van der Waals surface area contributed by atoms with Crippen LogP contribution in [0.3, 0.4) is 0 Å². The third-order valence-corrected chi connectivity index (χ3v) is 4.23. The van der Waals surface area contributed by atoms with Crippen LogP contribution in [-0.2, 0) is 6.42 Å². The fraction of sp³-hybridized carbons (Fsp3) is 0.143. The summed E-state index contributed by atoms with van der Waals surface area (Å²) >= 11 is 12.7. The lowest BCUT2D eigenvalue weighted by molar-refractivity contribution is 0.618. The van der Waals surface area contributed by atoms with Gasteiger partial charge in [0.15, 0.2) is 0 Å². The summed E-state index contributed by atoms with van der Waals surface area (Å²) in [5, 5.41) is 0.628. The molecule has 1 unspecified atom stereocenters. The third kappa shape index (κ3) is 3.78. The average Bonchev–Trinajstić information content (AvgIpc) is 2.33. The van der Waals surface area contributed by atoms with E-state index in [2.05, 4.69) is 31.9 Å². The second-order valence-electron chi connectivity index (χ2n) is 4.22. The van der Waals surface area contributed by atoms with E-state index in [0.717, 1.165) is 15.6 Å². The lowest BCUT2D eigenvalue weighted by atomic mass is 10.00. The minimum Gasteiger partial charge on any atom is -0.324 e. The van der Waals surface area contributed by atoms with Crippen LogP contribution in [0.2, 0.25) is 5.02 Å². The van der Waals surface area contributed by atoms with Crippen LogP contribution in [0, 0.1) is 5.82 Å². The van der Waals surface area contributed by atoms with Crippen molar-refractivity contribution in [3.8, 4) is 0 Å². The van der Waals surface area contributed by atoms with E-state index in [9.17, 15) is 4.39 Å². The first-order valence-electron chi connectivity index (χ1n) is 5.62. The van der Waals surface area contributed by atoms with Crippen molar-refractivity contribution in [2.75, 3.05) is 0 Å². The Morgan fingerprint density at radius 3 is 2.53 bits per heavy atom. The van der Waals surface area contributed by atoms with E-state index < -0.39 is 0 Å². The summed E-state index contributed by atoms with van der Waals surface area (Å²) in [4.78, 5) is 0. The Labute approximate surface area is 133 Å². The zero-order valence-electron chi connectivity index (χ0n) is 9.84. The molecule has 1 atom stereocenters. The highest BCUT2D eigenvalue weighted by atomic mass is 79.9. The first-order chi connectivity index (χ1) is 8.97. The van der Waals surface area contributed by atoms with E-state index in [1.807, 2.05) is 18.2 Å². The Hall–Kier alpha value is -0.420. The van der Waals surface area contributed by atoms with Gasteiger partial charge in [-0.15, -0.1) is 0 Å². The van der Waals surface area contributed by atoms with E-state index in [0.29, 0.717) is 15.9 Å². The number of halogens is 4. The molecule has 19 heavy (non-hydrogen) atoms. The smallest absolute Gasteiger partial charge is 0.137 e. The van der Waals surface area contributed by atoms with Crippen LogP contribution >= 0.6 is 43.5 Å². The van der Waals surface area contributed by atoms with E-state index >= 15 is 0 Å². The fourth-order valence-electron chi connectivity index (χ4n) is 1.83. The van der Waals surface area contributed by atoms with Crippen molar-refractivity contribution in [1.82, 2.24) is 0 Å². The number of rotatable bonds is 3. The topological polar surface area (TPSA) is 26.0 Å². The molecule has 0 radical (unpaired) electrons. The van der Waals surface area contributed by atoms with Gasteiger partial charge >= 0.3 is 0 Å². The lowest BCUT2D eigenvalue weighted by Crippen LogP contribution is -2.14. The molecule has 1 nitrogen and oxygen atoms in total. The molecule has 0 spiro atoms. The normalized spacial score (nSPS) is 12.5. The van der Waals surface area contributed by atoms with Gasteiger partial charge in [0.05, 0.1) is 4.47 Å². The maximum Gasteiger partial charge on any atom is 0.137 e. The van der Waals surface area contributed by atoms with Gasteiger partial charge in [-0.3, -0.25) is 0 Å². The van der Waals surface area contributed by atoms with Crippen LogP contribution in [-0.4, -0.2) is 0 Å². The minimum atomic E-state index is -0.279. The second-order valence-corrected chi connectivity index (χ2v) is 6.40. The molecule has 0 aromatic heterocycles. The van der Waals surface area contributed by atoms with Gasteiger partial charge in [-0.25, -0.2) is 4.39 Å². The predicted octanol–water partition coefficient (Wildman–Crippen LogP) is 5.25. The molecule has 2 N–H and O–H groups in total. The highest BCUT2D eigenvalue weighted by Gasteiger charge is 2.12. The molecule has 0 heterocycles. The van der Waals surface area contributed by atoms with Gasteiger partial charge in [0.1, 0.15) is 5.82 Å². The SMILES string of the molecule is NC(Cc1ccc(F)c(Br)c1)c1ccc(Br)cc1Cl. The molecule has 0 saturated heterocycles. The van der Waals surface area contributed by atoms with Gasteiger partial charge in [0.25, 0.3) is 0 Å². The summed E-state index contributed by atoms with van der Waals surface area (Å²) in [7, 11) is 0. The van der Waals surface area contributed by atoms with Gasteiger partial charge < -0.3 is 5.73 Å². The summed E-state index contributed by atoms with van der Waals surface area (Å²) in [5.41, 5.74) is 8.00. The molecule has 0 saturated carbocycles. The quantitative estimate of drug-likeness (QED) is 0.739. The van der Waals surface area contributed by atoms with Crippen LogP contribution in [0.15, 0.2) is 45.3 Å². The molecule has 2 rings (SSSR count). The maximum absolute atomic E-state index is 13.2. The summed E-state index contributed by atoms with van der Waals surface area (Å²) in [6.07, 6.45) is 0.597. The van der Waals surface area contributed by atoms with Crippen LogP contribution in [0.25, 0.3) is 0 Å². The van der Waals surface area contributed by atoms with E-state index in [4.69, 9.17) is 17.3 Å². The highest BCUT2D eigenvalue weighted by molar-refractivity contribution is 9.10. The van der Waals surface area contributed by atoms with Crippen molar-refractivity contribution in [2.45, 2.75) is 12.5 Å². The summed E-state index contributed by atoms with van der Waals surface area (Å²) in [6.45, 7) is 0. The lowest BCUT2D eigenvalue weighted by Gasteiger charge is -2.14. The highest BCUT2D eigenvalue weighted by Crippen LogP contribution is 2.28.